The summed E-state index contributed by atoms with van der Waals surface area (Å²) in [6, 6.07) is 8.79. The summed E-state index contributed by atoms with van der Waals surface area (Å²) in [5.41, 5.74) is 2.94. The van der Waals surface area contributed by atoms with Crippen LogP contribution in [0.2, 0.25) is 0 Å². The Balaban J connectivity index is 1.51. The van der Waals surface area contributed by atoms with Crippen LogP contribution in [0.5, 0.6) is 5.88 Å². The summed E-state index contributed by atoms with van der Waals surface area (Å²) in [5, 5.41) is 7.66. The smallest absolute Gasteiger partial charge is 0.264 e. The first-order valence-electron chi connectivity index (χ1n) is 9.98. The van der Waals surface area contributed by atoms with Crippen molar-refractivity contribution in [3.63, 3.8) is 0 Å². The van der Waals surface area contributed by atoms with Crippen molar-refractivity contribution >= 4 is 16.9 Å². The number of benzene rings is 1. The second kappa shape index (κ2) is 8.01. The van der Waals surface area contributed by atoms with Crippen LogP contribution in [0.25, 0.3) is 11.0 Å². The Morgan fingerprint density at radius 3 is 2.70 bits per heavy atom. The number of fused-ring (bicyclic) bond motifs is 1. The van der Waals surface area contributed by atoms with Crippen LogP contribution < -0.4 is 10.1 Å². The molecule has 1 aromatic carbocycles. The second-order valence-corrected chi connectivity index (χ2v) is 7.77. The van der Waals surface area contributed by atoms with Gasteiger partial charge in [-0.25, -0.2) is 8.78 Å². The lowest BCUT2D eigenvalue weighted by Gasteiger charge is -2.16. The molecule has 1 aliphatic carbocycles. The lowest BCUT2D eigenvalue weighted by molar-refractivity contribution is -0.123. The maximum atomic E-state index is 13.7. The van der Waals surface area contributed by atoms with E-state index in [0.717, 1.165) is 24.0 Å². The third kappa shape index (κ3) is 3.99. The van der Waals surface area contributed by atoms with Crippen molar-refractivity contribution in [3.05, 3.63) is 52.7 Å². The van der Waals surface area contributed by atoms with Crippen LogP contribution in [-0.4, -0.2) is 27.3 Å². The molecule has 158 valence electrons. The predicted octanol–water partition coefficient (Wildman–Crippen LogP) is 4.35. The summed E-state index contributed by atoms with van der Waals surface area (Å²) in [6.07, 6.45) is -0.784. The third-order valence-corrected chi connectivity index (χ3v) is 5.41. The van der Waals surface area contributed by atoms with Crippen LogP contribution in [0.4, 0.5) is 8.78 Å². The van der Waals surface area contributed by atoms with Gasteiger partial charge in [-0.2, -0.15) is 10.1 Å². The molecular formula is C22H24F2N4O2. The fourth-order valence-corrected chi connectivity index (χ4v) is 3.74. The summed E-state index contributed by atoms with van der Waals surface area (Å²) >= 11 is 0. The fraction of sp³-hybridized carbons (Fsp3) is 0.409. The summed E-state index contributed by atoms with van der Waals surface area (Å²) < 4.78 is 34.5. The zero-order valence-corrected chi connectivity index (χ0v) is 17.2. The zero-order valence-electron chi connectivity index (χ0n) is 17.2. The lowest BCUT2D eigenvalue weighted by Crippen LogP contribution is -2.31. The molecule has 3 aromatic rings. The van der Waals surface area contributed by atoms with Crippen molar-refractivity contribution in [2.75, 3.05) is 6.61 Å². The number of carbonyl (C=O) groups excluding carboxylic acids is 1. The van der Waals surface area contributed by atoms with Gasteiger partial charge in [0.25, 0.3) is 12.3 Å². The number of aromatic nitrogens is 3. The van der Waals surface area contributed by atoms with E-state index in [4.69, 9.17) is 4.74 Å². The summed E-state index contributed by atoms with van der Waals surface area (Å²) in [5.74, 6) is -0.148. The van der Waals surface area contributed by atoms with Gasteiger partial charge in [0, 0.05) is 24.6 Å². The molecule has 4 rings (SSSR count). The van der Waals surface area contributed by atoms with Crippen molar-refractivity contribution in [3.8, 4) is 5.88 Å². The minimum Gasteiger partial charge on any atom is -0.467 e. The van der Waals surface area contributed by atoms with Crippen molar-refractivity contribution < 1.29 is 18.3 Å². The molecule has 30 heavy (non-hydrogen) atoms. The van der Waals surface area contributed by atoms with Crippen molar-refractivity contribution in [2.24, 2.45) is 7.05 Å². The number of nitrogens with one attached hydrogen (secondary N) is 1. The molecule has 1 unspecified atom stereocenters. The van der Waals surface area contributed by atoms with Crippen LogP contribution in [0.15, 0.2) is 30.3 Å². The van der Waals surface area contributed by atoms with Gasteiger partial charge in [0.15, 0.2) is 12.3 Å². The molecule has 0 spiro atoms. The van der Waals surface area contributed by atoms with E-state index in [2.05, 4.69) is 15.4 Å². The number of carbonyl (C=O) groups is 1. The number of halogens is 2. The van der Waals surface area contributed by atoms with E-state index in [-0.39, 0.29) is 35.9 Å². The highest BCUT2D eigenvalue weighted by molar-refractivity contribution is 5.84. The first-order chi connectivity index (χ1) is 14.3. The molecule has 0 saturated heterocycles. The maximum absolute atomic E-state index is 13.7. The summed E-state index contributed by atoms with van der Waals surface area (Å²) in [7, 11) is 1.68. The van der Waals surface area contributed by atoms with Gasteiger partial charge < -0.3 is 10.1 Å². The molecule has 0 radical (unpaired) electrons. The Morgan fingerprint density at radius 2 is 2.03 bits per heavy atom. The van der Waals surface area contributed by atoms with Gasteiger partial charge >= 0.3 is 0 Å². The normalized spacial score (nSPS) is 14.9. The molecule has 1 fully saturated rings. The number of alkyl halides is 2. The SMILES string of the molecule is Cc1ccccc1C(C)NC(=O)COc1cc(C(F)F)c2c(C3CC3)nn(C)c2n1. The molecular weight excluding hydrogens is 390 g/mol. The topological polar surface area (TPSA) is 69.0 Å². The molecule has 1 N–H and O–H groups in total. The van der Waals surface area contributed by atoms with E-state index in [1.165, 1.54) is 10.7 Å². The molecule has 1 saturated carbocycles. The fourth-order valence-electron chi connectivity index (χ4n) is 3.74. The van der Waals surface area contributed by atoms with Crippen LogP contribution in [0, 0.1) is 6.92 Å². The maximum Gasteiger partial charge on any atom is 0.264 e. The quantitative estimate of drug-likeness (QED) is 0.624. The average Bonchev–Trinajstić information content (AvgIpc) is 3.50. The van der Waals surface area contributed by atoms with E-state index in [1.807, 2.05) is 38.1 Å². The number of hydrogen-bond acceptors (Lipinski definition) is 4. The minimum atomic E-state index is -2.69. The van der Waals surface area contributed by atoms with E-state index in [1.54, 1.807) is 7.05 Å². The van der Waals surface area contributed by atoms with Crippen LogP contribution >= 0.6 is 0 Å². The zero-order chi connectivity index (χ0) is 21.4. The van der Waals surface area contributed by atoms with Crippen molar-refractivity contribution in [1.29, 1.82) is 0 Å². The van der Waals surface area contributed by atoms with Gasteiger partial charge in [-0.1, -0.05) is 24.3 Å². The molecule has 1 amide bonds. The Kier molecular flexibility index (Phi) is 5.40. The Bertz CT molecular complexity index is 1090. The number of pyridine rings is 1. The molecule has 1 aliphatic rings. The number of nitrogens with zero attached hydrogens (tertiary/aromatic N) is 3. The molecule has 1 atom stereocenters. The molecule has 0 bridgehead atoms. The number of rotatable bonds is 7. The molecule has 2 aromatic heterocycles. The first kappa shape index (κ1) is 20.3. The Morgan fingerprint density at radius 1 is 1.30 bits per heavy atom. The van der Waals surface area contributed by atoms with Gasteiger partial charge in [0.1, 0.15) is 0 Å². The minimum absolute atomic E-state index is 0.0122. The average molecular weight is 414 g/mol. The number of amides is 1. The van der Waals surface area contributed by atoms with E-state index < -0.39 is 6.43 Å². The van der Waals surface area contributed by atoms with E-state index in [9.17, 15) is 13.6 Å². The third-order valence-electron chi connectivity index (χ3n) is 5.41. The number of hydrogen-bond donors (Lipinski definition) is 1. The van der Waals surface area contributed by atoms with Gasteiger partial charge in [-0.3, -0.25) is 9.48 Å². The Hall–Kier alpha value is -3.03. The monoisotopic (exact) mass is 414 g/mol. The van der Waals surface area contributed by atoms with Crippen LogP contribution in [0.1, 0.15) is 60.5 Å². The number of ether oxygens (including phenoxy) is 1. The molecule has 2 heterocycles. The highest BCUT2D eigenvalue weighted by atomic mass is 19.3. The molecule has 0 aliphatic heterocycles. The van der Waals surface area contributed by atoms with Crippen LogP contribution in [-0.2, 0) is 11.8 Å². The molecule has 8 heteroatoms. The van der Waals surface area contributed by atoms with Gasteiger partial charge in [-0.15, -0.1) is 0 Å². The first-order valence-corrected chi connectivity index (χ1v) is 9.98. The summed E-state index contributed by atoms with van der Waals surface area (Å²) in [4.78, 5) is 16.7. The number of aryl methyl sites for hydroxylation is 2. The van der Waals surface area contributed by atoms with Crippen molar-refractivity contribution in [2.45, 2.75) is 45.1 Å². The predicted molar refractivity (Wildman–Crippen MR) is 109 cm³/mol. The van der Waals surface area contributed by atoms with E-state index >= 15 is 0 Å². The van der Waals surface area contributed by atoms with E-state index in [0.29, 0.717) is 16.7 Å². The molecule has 6 nitrogen and oxygen atoms in total. The highest BCUT2D eigenvalue weighted by Crippen LogP contribution is 2.44. The van der Waals surface area contributed by atoms with Crippen molar-refractivity contribution in [1.82, 2.24) is 20.1 Å². The lowest BCUT2D eigenvalue weighted by atomic mass is 10.0. The van der Waals surface area contributed by atoms with Gasteiger partial charge in [0.2, 0.25) is 5.88 Å². The van der Waals surface area contributed by atoms with Gasteiger partial charge in [-0.05, 0) is 37.8 Å². The van der Waals surface area contributed by atoms with Crippen LogP contribution in [0.3, 0.4) is 0 Å². The van der Waals surface area contributed by atoms with Gasteiger partial charge in [0.05, 0.1) is 17.1 Å². The highest BCUT2D eigenvalue weighted by Gasteiger charge is 2.32. The summed E-state index contributed by atoms with van der Waals surface area (Å²) in [6.45, 7) is 3.54. The second-order valence-electron chi connectivity index (χ2n) is 7.77. The largest absolute Gasteiger partial charge is 0.467 e. The Labute approximate surface area is 173 Å². The standard InChI is InChI=1S/C22H24F2N4O2/c1-12-6-4-5-7-15(12)13(2)25-17(29)11-30-18-10-16(21(23)24)19-20(14-8-9-14)27-28(3)22(19)26-18/h4-7,10,13-14,21H,8-9,11H2,1-3H3,(H,25,29).